The van der Waals surface area contributed by atoms with Crippen molar-refractivity contribution in [2.45, 2.75) is 32.5 Å². The molecule has 0 spiro atoms. The molecular formula is C23H22F4N4O3. The van der Waals surface area contributed by atoms with Gasteiger partial charge in [0.05, 0.1) is 23.5 Å². The summed E-state index contributed by atoms with van der Waals surface area (Å²) in [6, 6.07) is 2.89. The molecule has 2 aromatic rings. The molecule has 1 aromatic heterocycles. The molecule has 2 aliphatic rings. The van der Waals surface area contributed by atoms with E-state index in [0.717, 1.165) is 23.1 Å². The van der Waals surface area contributed by atoms with Gasteiger partial charge < -0.3 is 14.6 Å². The zero-order chi connectivity index (χ0) is 24.9. The smallest absolute Gasteiger partial charge is 0.362 e. The second-order valence-corrected chi connectivity index (χ2v) is 8.59. The van der Waals surface area contributed by atoms with Gasteiger partial charge in [0, 0.05) is 31.6 Å². The molecule has 1 fully saturated rings. The third kappa shape index (κ3) is 3.99. The van der Waals surface area contributed by atoms with Crippen molar-refractivity contribution in [3.05, 3.63) is 46.9 Å². The maximum Gasteiger partial charge on any atom is 0.416 e. The first-order valence-electron chi connectivity index (χ1n) is 10.6. The van der Waals surface area contributed by atoms with Gasteiger partial charge >= 0.3 is 6.18 Å². The molecule has 0 aliphatic carbocycles. The van der Waals surface area contributed by atoms with Crippen LogP contribution >= 0.6 is 0 Å². The van der Waals surface area contributed by atoms with Crippen LogP contribution in [0.4, 0.5) is 34.8 Å². The van der Waals surface area contributed by atoms with Crippen molar-refractivity contribution in [1.82, 2.24) is 4.98 Å². The van der Waals surface area contributed by atoms with E-state index in [1.165, 1.54) is 24.9 Å². The number of benzene rings is 1. The van der Waals surface area contributed by atoms with Crippen LogP contribution in [0.25, 0.3) is 0 Å². The maximum absolute atomic E-state index is 14.3. The zero-order valence-corrected chi connectivity index (χ0v) is 18.7. The molecule has 34 heavy (non-hydrogen) atoms. The van der Waals surface area contributed by atoms with Crippen molar-refractivity contribution >= 4 is 35.3 Å². The molecule has 4 rings (SSSR count). The minimum Gasteiger partial charge on any atom is -0.362 e. The predicted molar refractivity (Wildman–Crippen MR) is 116 cm³/mol. The third-order valence-electron chi connectivity index (χ3n) is 6.20. The number of aromatic nitrogens is 1. The molecule has 2 amide bonds. The number of hydrogen-bond acceptors (Lipinski definition) is 5. The second-order valence-electron chi connectivity index (χ2n) is 8.59. The molecular weight excluding hydrogens is 456 g/mol. The number of carbonyl (C=O) groups is 3. The number of aryl methyl sites for hydroxylation is 2. The summed E-state index contributed by atoms with van der Waals surface area (Å²) in [5.41, 5.74) is 0.255. The lowest BCUT2D eigenvalue weighted by atomic mass is 9.95. The quantitative estimate of drug-likeness (QED) is 0.500. The van der Waals surface area contributed by atoms with Gasteiger partial charge in [-0.25, -0.2) is 9.37 Å². The van der Waals surface area contributed by atoms with Gasteiger partial charge in [-0.05, 0) is 43.7 Å². The Hall–Kier alpha value is -3.50. The number of carbonyl (C=O) groups excluding carboxylic acids is 3. The summed E-state index contributed by atoms with van der Waals surface area (Å²) >= 11 is 0. The van der Waals surface area contributed by atoms with Gasteiger partial charge in [0.1, 0.15) is 24.0 Å². The number of anilines is 3. The summed E-state index contributed by atoms with van der Waals surface area (Å²) in [7, 11) is 1.41. The predicted octanol–water partition coefficient (Wildman–Crippen LogP) is 3.26. The van der Waals surface area contributed by atoms with Crippen molar-refractivity contribution in [2.75, 3.05) is 34.8 Å². The fourth-order valence-electron chi connectivity index (χ4n) is 4.82. The van der Waals surface area contributed by atoms with Gasteiger partial charge in [-0.2, -0.15) is 13.2 Å². The number of alkyl halides is 3. The van der Waals surface area contributed by atoms with Gasteiger partial charge in [-0.15, -0.1) is 0 Å². The molecule has 0 unspecified atom stereocenters. The molecule has 0 N–H and O–H groups in total. The number of amides is 2. The van der Waals surface area contributed by atoms with Crippen LogP contribution < -0.4 is 14.7 Å². The van der Waals surface area contributed by atoms with Crippen LogP contribution in [0.5, 0.6) is 0 Å². The topological polar surface area (TPSA) is 73.8 Å². The fourth-order valence-corrected chi connectivity index (χ4v) is 4.82. The molecule has 0 saturated carbocycles. The maximum atomic E-state index is 14.3. The summed E-state index contributed by atoms with van der Waals surface area (Å²) in [6.45, 7) is 3.05. The lowest BCUT2D eigenvalue weighted by Gasteiger charge is -2.39. The number of likely N-dealkylation sites (N-methyl/N-ethyl adjacent to an activating group) is 1. The Bertz CT molecular complexity index is 1180. The molecule has 3 heterocycles. The summed E-state index contributed by atoms with van der Waals surface area (Å²) < 4.78 is 54.5. The van der Waals surface area contributed by atoms with E-state index < -0.39 is 41.3 Å². The molecule has 2 aliphatic heterocycles. The molecule has 1 aromatic carbocycles. The van der Waals surface area contributed by atoms with Crippen molar-refractivity contribution in [1.29, 1.82) is 0 Å². The van der Waals surface area contributed by atoms with Crippen LogP contribution in [0.2, 0.25) is 0 Å². The summed E-state index contributed by atoms with van der Waals surface area (Å²) in [4.78, 5) is 46.0. The highest BCUT2D eigenvalue weighted by Crippen LogP contribution is 2.41. The van der Waals surface area contributed by atoms with E-state index in [-0.39, 0.29) is 36.7 Å². The van der Waals surface area contributed by atoms with Gasteiger partial charge in [0.15, 0.2) is 0 Å². The number of halogens is 4. The first kappa shape index (κ1) is 23.7. The third-order valence-corrected chi connectivity index (χ3v) is 6.20. The molecule has 1 saturated heterocycles. The lowest BCUT2D eigenvalue weighted by molar-refractivity contribution is -0.137. The number of fused-ring (bicyclic) bond motifs is 2. The van der Waals surface area contributed by atoms with Crippen molar-refractivity contribution in [3.8, 4) is 0 Å². The van der Waals surface area contributed by atoms with Gasteiger partial charge in [0.25, 0.3) is 0 Å². The zero-order valence-electron chi connectivity index (χ0n) is 18.7. The van der Waals surface area contributed by atoms with Crippen LogP contribution in [0.3, 0.4) is 0 Å². The summed E-state index contributed by atoms with van der Waals surface area (Å²) in [5.74, 6) is -2.62. The fraction of sp³-hybridized carbons (Fsp3) is 0.391. The van der Waals surface area contributed by atoms with Gasteiger partial charge in [-0.1, -0.05) is 0 Å². The monoisotopic (exact) mass is 478 g/mol. The van der Waals surface area contributed by atoms with E-state index in [0.29, 0.717) is 17.5 Å². The van der Waals surface area contributed by atoms with Crippen LogP contribution in [-0.4, -0.2) is 49.3 Å². The Labute approximate surface area is 193 Å². The standard InChI is InChI=1S/C23H22F4N4O3/c1-12-6-16(24)10-17-20(12)30(4-5-32)11-14-8-19(33)31(21(14)22(34)29(17)3)18-9-15(23(25,26)27)7-13(2)28-18/h5-7,9-10,14,21H,4,8,11H2,1-3H3/t14-,21+/m1/s1. The van der Waals surface area contributed by atoms with Crippen LogP contribution in [0, 0.1) is 25.6 Å². The van der Waals surface area contributed by atoms with E-state index in [9.17, 15) is 31.9 Å². The average Bonchev–Trinajstić information content (AvgIpc) is 3.05. The number of nitrogens with zero attached hydrogens (tertiary/aromatic N) is 4. The Morgan fingerprint density at radius 1 is 1.15 bits per heavy atom. The van der Waals surface area contributed by atoms with Crippen LogP contribution in [0.15, 0.2) is 24.3 Å². The normalized spacial score (nSPS) is 20.7. The molecule has 11 heteroatoms. The first-order valence-corrected chi connectivity index (χ1v) is 10.6. The average molecular weight is 478 g/mol. The van der Waals surface area contributed by atoms with Crippen molar-refractivity contribution in [3.63, 3.8) is 0 Å². The highest BCUT2D eigenvalue weighted by Gasteiger charge is 2.49. The summed E-state index contributed by atoms with van der Waals surface area (Å²) in [5, 5.41) is 0. The summed E-state index contributed by atoms with van der Waals surface area (Å²) in [6.07, 6.45) is -4.12. The minimum atomic E-state index is -4.67. The van der Waals surface area contributed by atoms with Crippen LogP contribution in [-0.2, 0) is 20.6 Å². The van der Waals surface area contributed by atoms with Crippen LogP contribution in [0.1, 0.15) is 23.2 Å². The Morgan fingerprint density at radius 3 is 2.50 bits per heavy atom. The number of pyridine rings is 1. The van der Waals surface area contributed by atoms with Crippen molar-refractivity contribution in [2.24, 2.45) is 5.92 Å². The van der Waals surface area contributed by atoms with E-state index >= 15 is 0 Å². The highest BCUT2D eigenvalue weighted by molar-refractivity contribution is 6.10. The number of hydrogen-bond donors (Lipinski definition) is 0. The first-order chi connectivity index (χ1) is 15.9. The largest absolute Gasteiger partial charge is 0.416 e. The SMILES string of the molecule is Cc1cc(C(F)(F)F)cc(N2C(=O)C[C@@H]3CN(CC=O)c4c(C)cc(F)cc4N(C)C(=O)[C@H]32)n1. The highest BCUT2D eigenvalue weighted by atomic mass is 19.4. The van der Waals surface area contributed by atoms with E-state index in [4.69, 9.17) is 0 Å². The molecule has 0 bridgehead atoms. The van der Waals surface area contributed by atoms with Gasteiger partial charge in [-0.3, -0.25) is 14.5 Å². The Kier molecular flexibility index (Phi) is 5.82. The van der Waals surface area contributed by atoms with Crippen molar-refractivity contribution < 1.29 is 31.9 Å². The van der Waals surface area contributed by atoms with Gasteiger partial charge in [0.2, 0.25) is 11.8 Å². The van der Waals surface area contributed by atoms with E-state index in [2.05, 4.69) is 4.98 Å². The molecule has 2 atom stereocenters. The lowest BCUT2D eigenvalue weighted by Crippen LogP contribution is -2.52. The second kappa shape index (κ2) is 8.37. The number of rotatable bonds is 3. The van der Waals surface area contributed by atoms with E-state index in [1.807, 2.05) is 0 Å². The number of aldehydes is 1. The van der Waals surface area contributed by atoms with E-state index in [1.54, 1.807) is 11.8 Å². The molecule has 180 valence electrons. The minimum absolute atomic E-state index is 0.0401. The molecule has 7 nitrogen and oxygen atoms in total. The molecule has 0 radical (unpaired) electrons. The Morgan fingerprint density at radius 2 is 1.85 bits per heavy atom. The Balaban J connectivity index is 1.86.